The van der Waals surface area contributed by atoms with Gasteiger partial charge in [-0.1, -0.05) is 15.9 Å². The third-order valence-corrected chi connectivity index (χ3v) is 2.96. The summed E-state index contributed by atoms with van der Waals surface area (Å²) in [5.74, 6) is -1.48. The molecule has 21 heavy (non-hydrogen) atoms. The lowest BCUT2D eigenvalue weighted by molar-refractivity contribution is -0.385. The largest absolute Gasteiger partial charge is 0.450 e. The van der Waals surface area contributed by atoms with E-state index in [4.69, 9.17) is 10.5 Å². The number of carbonyl (C=O) groups is 1. The van der Waals surface area contributed by atoms with Crippen LogP contribution >= 0.6 is 15.9 Å². The number of primary amides is 1. The molecule has 0 saturated carbocycles. The summed E-state index contributed by atoms with van der Waals surface area (Å²) in [4.78, 5) is 21.4. The quantitative estimate of drug-likeness (QED) is 0.672. The van der Waals surface area contributed by atoms with Gasteiger partial charge < -0.3 is 10.5 Å². The first-order valence-electron chi connectivity index (χ1n) is 5.59. The minimum absolute atomic E-state index is 0.0473. The maximum absolute atomic E-state index is 13.3. The Morgan fingerprint density at radius 1 is 1.29 bits per heavy atom. The molecule has 2 aromatic carbocycles. The van der Waals surface area contributed by atoms with Crippen molar-refractivity contribution in [1.29, 1.82) is 0 Å². The number of nitro groups is 1. The van der Waals surface area contributed by atoms with Gasteiger partial charge in [-0.25, -0.2) is 4.39 Å². The third kappa shape index (κ3) is 3.54. The number of rotatable bonds is 4. The molecule has 2 N–H and O–H groups in total. The lowest BCUT2D eigenvalue weighted by Gasteiger charge is -2.08. The lowest BCUT2D eigenvalue weighted by atomic mass is 10.2. The van der Waals surface area contributed by atoms with E-state index in [0.29, 0.717) is 4.47 Å². The minimum Gasteiger partial charge on any atom is -0.450 e. The zero-order valence-corrected chi connectivity index (χ0v) is 12.0. The minimum atomic E-state index is -0.754. The highest BCUT2D eigenvalue weighted by Crippen LogP contribution is 2.33. The average Bonchev–Trinajstić information content (AvgIpc) is 2.36. The number of amides is 1. The molecule has 108 valence electrons. The first-order valence-corrected chi connectivity index (χ1v) is 6.38. The maximum Gasteiger partial charge on any atom is 0.311 e. The molecule has 0 fully saturated rings. The molecule has 0 aliphatic rings. The second-order valence-corrected chi connectivity index (χ2v) is 4.93. The number of hydrogen-bond donors (Lipinski definition) is 1. The van der Waals surface area contributed by atoms with Gasteiger partial charge in [0.25, 0.3) is 0 Å². The van der Waals surface area contributed by atoms with E-state index in [-0.39, 0.29) is 22.7 Å². The van der Waals surface area contributed by atoms with E-state index >= 15 is 0 Å². The summed E-state index contributed by atoms with van der Waals surface area (Å²) in [7, 11) is 0. The van der Waals surface area contributed by atoms with Gasteiger partial charge in [0.05, 0.1) is 4.92 Å². The highest BCUT2D eigenvalue weighted by Gasteiger charge is 2.18. The zero-order chi connectivity index (χ0) is 15.6. The highest BCUT2D eigenvalue weighted by molar-refractivity contribution is 9.10. The van der Waals surface area contributed by atoms with Gasteiger partial charge in [-0.2, -0.15) is 0 Å². The van der Waals surface area contributed by atoms with Crippen molar-refractivity contribution < 1.29 is 18.8 Å². The summed E-state index contributed by atoms with van der Waals surface area (Å²) in [5.41, 5.74) is 4.81. The van der Waals surface area contributed by atoms with Crippen molar-refractivity contribution in [3.05, 3.63) is 62.4 Å². The molecule has 0 aliphatic heterocycles. The number of nitro benzene ring substituents is 1. The molecule has 8 heteroatoms. The van der Waals surface area contributed by atoms with Gasteiger partial charge in [0.1, 0.15) is 11.6 Å². The van der Waals surface area contributed by atoms with Crippen LogP contribution in [0.4, 0.5) is 10.1 Å². The fraction of sp³-hybridized carbons (Fsp3) is 0. The Morgan fingerprint density at radius 2 is 2.00 bits per heavy atom. The average molecular weight is 355 g/mol. The van der Waals surface area contributed by atoms with Crippen molar-refractivity contribution in [2.24, 2.45) is 5.73 Å². The number of nitrogens with two attached hydrogens (primary N) is 1. The van der Waals surface area contributed by atoms with Crippen LogP contribution < -0.4 is 10.5 Å². The Balaban J connectivity index is 2.47. The van der Waals surface area contributed by atoms with E-state index in [1.54, 1.807) is 0 Å². The van der Waals surface area contributed by atoms with Crippen molar-refractivity contribution >= 4 is 27.5 Å². The first-order chi connectivity index (χ1) is 9.86. The topological polar surface area (TPSA) is 95.5 Å². The summed E-state index contributed by atoms with van der Waals surface area (Å²) in [6, 6.07) is 7.16. The van der Waals surface area contributed by atoms with Crippen LogP contribution in [0.3, 0.4) is 0 Å². The molecule has 0 aromatic heterocycles. The predicted octanol–water partition coefficient (Wildman–Crippen LogP) is 3.39. The Bertz CT molecular complexity index is 716. The van der Waals surface area contributed by atoms with E-state index in [1.165, 1.54) is 18.2 Å². The van der Waals surface area contributed by atoms with Crippen molar-refractivity contribution in [3.63, 3.8) is 0 Å². The van der Waals surface area contributed by atoms with Crippen molar-refractivity contribution in [1.82, 2.24) is 0 Å². The molecular weight excluding hydrogens is 347 g/mol. The van der Waals surface area contributed by atoms with Gasteiger partial charge >= 0.3 is 5.69 Å². The van der Waals surface area contributed by atoms with Gasteiger partial charge in [0, 0.05) is 28.2 Å². The van der Waals surface area contributed by atoms with Crippen LogP contribution in [0.15, 0.2) is 40.9 Å². The van der Waals surface area contributed by atoms with Crippen LogP contribution in [0, 0.1) is 15.9 Å². The Morgan fingerprint density at radius 3 is 2.57 bits per heavy atom. The smallest absolute Gasteiger partial charge is 0.311 e. The van der Waals surface area contributed by atoms with E-state index in [9.17, 15) is 19.3 Å². The van der Waals surface area contributed by atoms with E-state index in [1.807, 2.05) is 0 Å². The van der Waals surface area contributed by atoms with E-state index in [0.717, 1.165) is 18.2 Å². The normalized spacial score (nSPS) is 10.2. The fourth-order valence-corrected chi connectivity index (χ4v) is 2.06. The summed E-state index contributed by atoms with van der Waals surface area (Å²) >= 11 is 3.08. The lowest BCUT2D eigenvalue weighted by Crippen LogP contribution is -2.11. The second-order valence-electron chi connectivity index (χ2n) is 4.01. The van der Waals surface area contributed by atoms with Gasteiger partial charge in [-0.05, 0) is 18.2 Å². The van der Waals surface area contributed by atoms with Crippen molar-refractivity contribution in [2.45, 2.75) is 0 Å². The Labute approximate surface area is 126 Å². The summed E-state index contributed by atoms with van der Waals surface area (Å²) < 4.78 is 19.0. The van der Waals surface area contributed by atoms with Gasteiger partial charge in [-0.3, -0.25) is 14.9 Å². The molecule has 0 bridgehead atoms. The maximum atomic E-state index is 13.3. The Hall–Kier alpha value is -2.48. The van der Waals surface area contributed by atoms with Gasteiger partial charge in [-0.15, -0.1) is 0 Å². The van der Waals surface area contributed by atoms with E-state index in [2.05, 4.69) is 15.9 Å². The molecular formula is C13H8BrFN2O4. The van der Waals surface area contributed by atoms with Crippen LogP contribution in [-0.4, -0.2) is 10.8 Å². The number of benzene rings is 2. The summed E-state index contributed by atoms with van der Waals surface area (Å²) in [5, 5.41) is 11.0. The number of nitrogens with zero attached hydrogens (tertiary/aromatic N) is 1. The fourth-order valence-electron chi connectivity index (χ4n) is 1.61. The summed E-state index contributed by atoms with van der Waals surface area (Å²) in [6.45, 7) is 0. The molecule has 2 aromatic rings. The molecule has 0 aliphatic carbocycles. The number of halogens is 2. The first kappa shape index (κ1) is 14.9. The Kier molecular flexibility index (Phi) is 4.18. The monoisotopic (exact) mass is 354 g/mol. The molecule has 2 rings (SSSR count). The van der Waals surface area contributed by atoms with Crippen LogP contribution in [-0.2, 0) is 0 Å². The highest BCUT2D eigenvalue weighted by atomic mass is 79.9. The number of hydrogen-bond acceptors (Lipinski definition) is 4. The van der Waals surface area contributed by atoms with Crippen molar-refractivity contribution in [3.8, 4) is 11.5 Å². The van der Waals surface area contributed by atoms with Crippen molar-refractivity contribution in [2.75, 3.05) is 0 Å². The zero-order valence-electron chi connectivity index (χ0n) is 10.4. The number of carbonyl (C=O) groups excluding carboxylic acids is 1. The molecule has 0 heterocycles. The van der Waals surface area contributed by atoms with Crippen LogP contribution in [0.1, 0.15) is 10.4 Å². The molecule has 0 spiro atoms. The molecule has 0 atom stereocenters. The predicted molar refractivity (Wildman–Crippen MR) is 75.8 cm³/mol. The molecule has 0 saturated heterocycles. The standard InChI is InChI=1S/C13H8BrFN2O4/c14-8-4-9(15)6-10(5-8)21-12-3-7(13(16)18)1-2-11(12)17(19)20/h1-6H,(H2,16,18). The SMILES string of the molecule is NC(=O)c1ccc([N+](=O)[O-])c(Oc2cc(F)cc(Br)c2)c1. The molecule has 1 amide bonds. The second kappa shape index (κ2) is 5.88. The molecule has 0 unspecified atom stereocenters. The van der Waals surface area contributed by atoms with Crippen LogP contribution in [0.5, 0.6) is 11.5 Å². The number of ether oxygens (including phenoxy) is 1. The van der Waals surface area contributed by atoms with Gasteiger partial charge in [0.15, 0.2) is 0 Å². The third-order valence-electron chi connectivity index (χ3n) is 2.50. The molecule has 6 nitrogen and oxygen atoms in total. The van der Waals surface area contributed by atoms with Crippen LogP contribution in [0.2, 0.25) is 0 Å². The molecule has 0 radical (unpaired) electrons. The van der Waals surface area contributed by atoms with E-state index < -0.39 is 16.6 Å². The summed E-state index contributed by atoms with van der Waals surface area (Å²) in [6.07, 6.45) is 0. The van der Waals surface area contributed by atoms with Gasteiger partial charge in [0.2, 0.25) is 11.7 Å². The van der Waals surface area contributed by atoms with Crippen LogP contribution in [0.25, 0.3) is 0 Å².